The molecule has 9 heteroatoms. The molecule has 0 spiro atoms. The van der Waals surface area contributed by atoms with Gasteiger partial charge in [-0.3, -0.25) is 9.78 Å². The number of pyridine rings is 1. The molecule has 1 heterocycles. The summed E-state index contributed by atoms with van der Waals surface area (Å²) in [7, 11) is -1.96. The summed E-state index contributed by atoms with van der Waals surface area (Å²) in [4.78, 5) is 16.1. The third-order valence-corrected chi connectivity index (χ3v) is 5.12. The molecule has 1 N–H and O–H groups in total. The minimum Gasteiger partial charge on any atom is -0.495 e. The molecule has 2 aromatic rings. The minimum absolute atomic E-state index is 0.0109. The second kappa shape index (κ2) is 8.98. The number of nitrogens with one attached hydrogen (secondary N) is 1. The Bertz CT molecular complexity index is 860. The number of ether oxygens (including phenoxy) is 1. The summed E-state index contributed by atoms with van der Waals surface area (Å²) in [6.45, 7) is 0.220. The second-order valence-electron chi connectivity index (χ2n) is 5.61. The van der Waals surface area contributed by atoms with Crippen molar-refractivity contribution in [1.29, 1.82) is 0 Å². The van der Waals surface area contributed by atoms with Crippen molar-refractivity contribution in [2.24, 2.45) is 0 Å². The Kier molecular flexibility index (Phi) is 6.96. The maximum Gasteiger partial charge on any atom is 0.225 e. The fraction of sp³-hybridized carbons (Fsp3) is 0.294. The van der Waals surface area contributed by atoms with E-state index in [4.69, 9.17) is 16.3 Å². The molecule has 1 amide bonds. The van der Waals surface area contributed by atoms with Gasteiger partial charge in [-0.2, -0.15) is 4.31 Å². The molecule has 0 aliphatic carbocycles. The minimum atomic E-state index is -3.46. The maximum absolute atomic E-state index is 12.1. The number of hydrogen-bond acceptors (Lipinski definition) is 5. The first-order chi connectivity index (χ1) is 12.3. The van der Waals surface area contributed by atoms with Crippen LogP contribution in [-0.2, 0) is 21.4 Å². The first kappa shape index (κ1) is 20.2. The quantitative estimate of drug-likeness (QED) is 0.739. The molecule has 0 aliphatic rings. The van der Waals surface area contributed by atoms with E-state index >= 15 is 0 Å². The van der Waals surface area contributed by atoms with Gasteiger partial charge < -0.3 is 10.1 Å². The Morgan fingerprint density at radius 1 is 1.35 bits per heavy atom. The molecule has 1 aromatic heterocycles. The van der Waals surface area contributed by atoms with Crippen molar-refractivity contribution in [3.8, 4) is 5.75 Å². The number of carbonyl (C=O) groups is 1. The summed E-state index contributed by atoms with van der Waals surface area (Å²) in [6, 6.07) is 8.39. The number of rotatable bonds is 8. The molecule has 0 bridgehead atoms. The Hall–Kier alpha value is -2.16. The van der Waals surface area contributed by atoms with Gasteiger partial charge in [0.25, 0.3) is 0 Å². The molecule has 2 rings (SSSR count). The Balaban J connectivity index is 1.97. The number of amides is 1. The van der Waals surface area contributed by atoms with Crippen LogP contribution in [0.5, 0.6) is 5.75 Å². The maximum atomic E-state index is 12.1. The highest BCUT2D eigenvalue weighted by molar-refractivity contribution is 7.88. The average molecular weight is 398 g/mol. The molecule has 0 fully saturated rings. The molecular formula is C17H20ClN3O4S. The highest BCUT2D eigenvalue weighted by Gasteiger charge is 2.18. The zero-order valence-corrected chi connectivity index (χ0v) is 16.0. The number of methoxy groups -OCH3 is 1. The molecule has 0 saturated heterocycles. The van der Waals surface area contributed by atoms with Crippen LogP contribution in [0.15, 0.2) is 42.7 Å². The van der Waals surface area contributed by atoms with Crippen molar-refractivity contribution in [2.45, 2.75) is 13.0 Å². The van der Waals surface area contributed by atoms with Gasteiger partial charge in [-0.05, 0) is 29.8 Å². The van der Waals surface area contributed by atoms with Crippen LogP contribution in [0.3, 0.4) is 0 Å². The van der Waals surface area contributed by atoms with E-state index in [2.05, 4.69) is 10.3 Å². The van der Waals surface area contributed by atoms with E-state index in [-0.39, 0.29) is 25.4 Å². The van der Waals surface area contributed by atoms with Crippen molar-refractivity contribution in [2.75, 3.05) is 25.2 Å². The standard InChI is InChI=1S/C17H20ClN3O4S/c1-25-16-6-5-14(10-15(16)18)20-17(22)7-9-21(26(2,23)24)12-13-4-3-8-19-11-13/h3-6,8,10-11H,7,9,12H2,1-2H3,(H,20,22). The molecule has 0 radical (unpaired) electrons. The van der Waals surface area contributed by atoms with Gasteiger partial charge in [-0.15, -0.1) is 0 Å². The molecular weight excluding hydrogens is 378 g/mol. The van der Waals surface area contributed by atoms with Crippen LogP contribution in [-0.4, -0.2) is 43.5 Å². The van der Waals surface area contributed by atoms with Crippen LogP contribution in [0.2, 0.25) is 5.02 Å². The molecule has 7 nitrogen and oxygen atoms in total. The lowest BCUT2D eigenvalue weighted by Gasteiger charge is -2.19. The van der Waals surface area contributed by atoms with Gasteiger partial charge in [-0.25, -0.2) is 8.42 Å². The normalized spacial score (nSPS) is 11.4. The molecule has 140 valence electrons. The second-order valence-corrected chi connectivity index (χ2v) is 7.99. The number of anilines is 1. The molecule has 0 atom stereocenters. The molecule has 0 unspecified atom stereocenters. The summed E-state index contributed by atoms with van der Waals surface area (Å²) in [5.41, 5.74) is 1.26. The lowest BCUT2D eigenvalue weighted by molar-refractivity contribution is -0.116. The molecule has 0 aliphatic heterocycles. The van der Waals surface area contributed by atoms with E-state index in [0.29, 0.717) is 16.5 Å². The molecule has 0 saturated carbocycles. The smallest absolute Gasteiger partial charge is 0.225 e. The number of hydrogen-bond donors (Lipinski definition) is 1. The van der Waals surface area contributed by atoms with Gasteiger partial charge >= 0.3 is 0 Å². The molecule has 1 aromatic carbocycles. The largest absolute Gasteiger partial charge is 0.495 e. The third-order valence-electron chi connectivity index (χ3n) is 3.57. The van der Waals surface area contributed by atoms with Crippen LogP contribution in [0.25, 0.3) is 0 Å². The zero-order valence-electron chi connectivity index (χ0n) is 14.5. The van der Waals surface area contributed by atoms with Crippen LogP contribution < -0.4 is 10.1 Å². The van der Waals surface area contributed by atoms with E-state index in [1.165, 1.54) is 11.4 Å². The topological polar surface area (TPSA) is 88.6 Å². The fourth-order valence-electron chi connectivity index (χ4n) is 2.25. The van der Waals surface area contributed by atoms with Crippen LogP contribution in [0.1, 0.15) is 12.0 Å². The average Bonchev–Trinajstić information content (AvgIpc) is 2.58. The summed E-state index contributed by atoms with van der Waals surface area (Å²) in [5.74, 6) is 0.190. The summed E-state index contributed by atoms with van der Waals surface area (Å²) in [6.07, 6.45) is 4.33. The molecule has 26 heavy (non-hydrogen) atoms. The lowest BCUT2D eigenvalue weighted by atomic mass is 10.2. The SMILES string of the molecule is COc1ccc(NC(=O)CCN(Cc2cccnc2)S(C)(=O)=O)cc1Cl. The summed E-state index contributed by atoms with van der Waals surface area (Å²) in [5, 5.41) is 3.07. The van der Waals surface area contributed by atoms with Gasteiger partial charge in [-0.1, -0.05) is 17.7 Å². The number of sulfonamides is 1. The monoisotopic (exact) mass is 397 g/mol. The van der Waals surface area contributed by atoms with E-state index < -0.39 is 10.0 Å². The summed E-state index contributed by atoms with van der Waals surface area (Å²) >= 11 is 6.02. The number of aromatic nitrogens is 1. The Labute approximate surface area is 158 Å². The predicted molar refractivity (Wildman–Crippen MR) is 101 cm³/mol. The number of nitrogens with zero attached hydrogens (tertiary/aromatic N) is 2. The van der Waals surface area contributed by atoms with E-state index in [1.54, 1.807) is 42.7 Å². The fourth-order valence-corrected chi connectivity index (χ4v) is 3.32. The number of halogens is 1. The van der Waals surface area contributed by atoms with Crippen LogP contribution in [0.4, 0.5) is 5.69 Å². The van der Waals surface area contributed by atoms with Crippen molar-refractivity contribution < 1.29 is 17.9 Å². The van der Waals surface area contributed by atoms with Gasteiger partial charge in [0.1, 0.15) is 5.75 Å². The lowest BCUT2D eigenvalue weighted by Crippen LogP contribution is -2.32. The Morgan fingerprint density at radius 3 is 2.69 bits per heavy atom. The third kappa shape index (κ3) is 5.98. The summed E-state index contributed by atoms with van der Waals surface area (Å²) < 4.78 is 30.2. The predicted octanol–water partition coefficient (Wildman–Crippen LogP) is 2.53. The zero-order chi connectivity index (χ0) is 19.2. The first-order valence-corrected chi connectivity index (χ1v) is 9.99. The van der Waals surface area contributed by atoms with Gasteiger partial charge in [0.2, 0.25) is 15.9 Å². The highest BCUT2D eigenvalue weighted by Crippen LogP contribution is 2.27. The van der Waals surface area contributed by atoms with E-state index in [1.807, 2.05) is 0 Å². The van der Waals surface area contributed by atoms with Crippen molar-refractivity contribution in [3.05, 3.63) is 53.3 Å². The first-order valence-electron chi connectivity index (χ1n) is 7.77. The van der Waals surface area contributed by atoms with Crippen LogP contribution >= 0.6 is 11.6 Å². The highest BCUT2D eigenvalue weighted by atomic mass is 35.5. The Morgan fingerprint density at radius 2 is 2.12 bits per heavy atom. The van der Waals surface area contributed by atoms with Crippen LogP contribution in [0, 0.1) is 0 Å². The van der Waals surface area contributed by atoms with Crippen molar-refractivity contribution in [1.82, 2.24) is 9.29 Å². The van der Waals surface area contributed by atoms with Gasteiger partial charge in [0.05, 0.1) is 18.4 Å². The van der Waals surface area contributed by atoms with E-state index in [0.717, 1.165) is 11.8 Å². The van der Waals surface area contributed by atoms with Crippen molar-refractivity contribution in [3.63, 3.8) is 0 Å². The number of carbonyl (C=O) groups excluding carboxylic acids is 1. The van der Waals surface area contributed by atoms with Gasteiger partial charge in [0, 0.05) is 37.6 Å². The van der Waals surface area contributed by atoms with Crippen molar-refractivity contribution >= 4 is 33.2 Å². The van der Waals surface area contributed by atoms with Gasteiger partial charge in [0.15, 0.2) is 0 Å². The van der Waals surface area contributed by atoms with E-state index in [9.17, 15) is 13.2 Å². The number of benzene rings is 1.